The van der Waals surface area contributed by atoms with Gasteiger partial charge >= 0.3 is 0 Å². The first kappa shape index (κ1) is 13.7. The third kappa shape index (κ3) is 2.93. The van der Waals surface area contributed by atoms with Crippen LogP contribution >= 0.6 is 0 Å². The summed E-state index contributed by atoms with van der Waals surface area (Å²) >= 11 is 0. The van der Waals surface area contributed by atoms with Crippen LogP contribution in [0.1, 0.15) is 32.3 Å². The first-order valence-corrected chi connectivity index (χ1v) is 7.88. The van der Waals surface area contributed by atoms with Crippen molar-refractivity contribution in [1.82, 2.24) is 4.90 Å². The maximum absolute atomic E-state index is 5.75. The second-order valence-corrected chi connectivity index (χ2v) is 6.53. The van der Waals surface area contributed by atoms with Crippen molar-refractivity contribution in [3.8, 4) is 5.75 Å². The molecule has 3 saturated heterocycles. The standard InChI is InChI=1S/C17H26N2O/c1-12(2)20-15-4-5-16(13(3)10-15)18-17-11-19-8-6-14(17)7-9-19/h4-5,10,12,14,17-18H,6-9,11H2,1-3H3. The van der Waals surface area contributed by atoms with E-state index in [1.807, 2.05) is 0 Å². The summed E-state index contributed by atoms with van der Waals surface area (Å²) in [5.41, 5.74) is 2.54. The third-order valence-corrected chi connectivity index (χ3v) is 4.57. The first-order valence-electron chi connectivity index (χ1n) is 7.88. The van der Waals surface area contributed by atoms with Crippen LogP contribution in [-0.2, 0) is 0 Å². The highest BCUT2D eigenvalue weighted by molar-refractivity contribution is 5.54. The summed E-state index contributed by atoms with van der Waals surface area (Å²) in [7, 11) is 0. The Balaban J connectivity index is 1.68. The summed E-state index contributed by atoms with van der Waals surface area (Å²) in [6, 6.07) is 7.01. The van der Waals surface area contributed by atoms with Crippen LogP contribution in [-0.4, -0.2) is 36.7 Å². The van der Waals surface area contributed by atoms with Crippen molar-refractivity contribution in [2.24, 2.45) is 5.92 Å². The maximum atomic E-state index is 5.75. The van der Waals surface area contributed by atoms with Gasteiger partial charge in [0.05, 0.1) is 6.10 Å². The van der Waals surface area contributed by atoms with Gasteiger partial charge in [-0.15, -0.1) is 0 Å². The van der Waals surface area contributed by atoms with Crippen LogP contribution in [0.2, 0.25) is 0 Å². The number of anilines is 1. The fourth-order valence-electron chi connectivity index (χ4n) is 3.47. The van der Waals surface area contributed by atoms with Gasteiger partial charge in [-0.25, -0.2) is 0 Å². The number of nitrogens with zero attached hydrogens (tertiary/aromatic N) is 1. The lowest BCUT2D eigenvalue weighted by Crippen LogP contribution is -2.53. The van der Waals surface area contributed by atoms with E-state index in [0.29, 0.717) is 6.04 Å². The summed E-state index contributed by atoms with van der Waals surface area (Å²) in [6.07, 6.45) is 2.94. The molecular formula is C17H26N2O. The number of piperidine rings is 3. The number of hydrogen-bond donors (Lipinski definition) is 1. The number of aryl methyl sites for hydroxylation is 1. The van der Waals surface area contributed by atoms with Crippen molar-refractivity contribution in [2.75, 3.05) is 25.0 Å². The number of nitrogens with one attached hydrogen (secondary N) is 1. The summed E-state index contributed by atoms with van der Waals surface area (Å²) in [4.78, 5) is 2.59. The van der Waals surface area contributed by atoms with E-state index in [9.17, 15) is 0 Å². The number of ether oxygens (including phenoxy) is 1. The van der Waals surface area contributed by atoms with E-state index in [-0.39, 0.29) is 6.10 Å². The molecule has 0 amide bonds. The molecule has 3 fully saturated rings. The molecule has 3 aliphatic rings. The molecule has 2 bridgehead atoms. The molecular weight excluding hydrogens is 248 g/mol. The molecule has 4 rings (SSSR count). The van der Waals surface area contributed by atoms with Crippen LogP contribution in [0.15, 0.2) is 18.2 Å². The maximum Gasteiger partial charge on any atom is 0.120 e. The molecule has 3 heteroatoms. The smallest absolute Gasteiger partial charge is 0.120 e. The van der Waals surface area contributed by atoms with Gasteiger partial charge < -0.3 is 15.0 Å². The van der Waals surface area contributed by atoms with Gasteiger partial charge in [-0.1, -0.05) is 0 Å². The van der Waals surface area contributed by atoms with Gasteiger partial charge in [0.2, 0.25) is 0 Å². The van der Waals surface area contributed by atoms with Crippen molar-refractivity contribution in [1.29, 1.82) is 0 Å². The van der Waals surface area contributed by atoms with Gasteiger partial charge in [-0.2, -0.15) is 0 Å². The average molecular weight is 274 g/mol. The molecule has 0 spiro atoms. The molecule has 20 heavy (non-hydrogen) atoms. The Hall–Kier alpha value is -1.22. The number of fused-ring (bicyclic) bond motifs is 3. The van der Waals surface area contributed by atoms with Gasteiger partial charge in [-0.05, 0) is 76.4 Å². The zero-order valence-corrected chi connectivity index (χ0v) is 12.9. The van der Waals surface area contributed by atoms with Crippen molar-refractivity contribution in [2.45, 2.75) is 45.8 Å². The zero-order chi connectivity index (χ0) is 14.1. The second-order valence-electron chi connectivity index (χ2n) is 6.53. The third-order valence-electron chi connectivity index (χ3n) is 4.57. The van der Waals surface area contributed by atoms with Crippen LogP contribution in [0.25, 0.3) is 0 Å². The van der Waals surface area contributed by atoms with E-state index in [4.69, 9.17) is 4.74 Å². The minimum atomic E-state index is 0.232. The largest absolute Gasteiger partial charge is 0.491 e. The molecule has 3 nitrogen and oxygen atoms in total. The van der Waals surface area contributed by atoms with Crippen LogP contribution in [0.4, 0.5) is 5.69 Å². The van der Waals surface area contributed by atoms with Crippen molar-refractivity contribution >= 4 is 5.69 Å². The van der Waals surface area contributed by atoms with Gasteiger partial charge in [0.15, 0.2) is 0 Å². The monoisotopic (exact) mass is 274 g/mol. The Morgan fingerprint density at radius 2 is 2.00 bits per heavy atom. The Kier molecular flexibility index (Phi) is 3.88. The topological polar surface area (TPSA) is 24.5 Å². The van der Waals surface area contributed by atoms with Gasteiger partial charge in [-0.3, -0.25) is 0 Å². The SMILES string of the molecule is Cc1cc(OC(C)C)ccc1NC1CN2CCC1CC2. The number of benzene rings is 1. The summed E-state index contributed by atoms with van der Waals surface area (Å²) in [5.74, 6) is 1.82. The molecule has 110 valence electrons. The Labute approximate surface area is 122 Å². The fraction of sp³-hybridized carbons (Fsp3) is 0.647. The molecule has 1 atom stereocenters. The fourth-order valence-corrected chi connectivity index (χ4v) is 3.47. The highest BCUT2D eigenvalue weighted by atomic mass is 16.5. The number of hydrogen-bond acceptors (Lipinski definition) is 3. The minimum Gasteiger partial charge on any atom is -0.491 e. The van der Waals surface area contributed by atoms with Crippen molar-refractivity contribution in [3.63, 3.8) is 0 Å². The molecule has 1 aromatic carbocycles. The second kappa shape index (κ2) is 5.65. The first-order chi connectivity index (χ1) is 9.61. The van der Waals surface area contributed by atoms with E-state index in [2.05, 4.69) is 49.2 Å². The highest BCUT2D eigenvalue weighted by Crippen LogP contribution is 2.31. The average Bonchev–Trinajstić information content (AvgIpc) is 2.42. The normalized spacial score (nSPS) is 28.7. The molecule has 1 aromatic rings. The quantitative estimate of drug-likeness (QED) is 0.912. The number of rotatable bonds is 4. The molecule has 3 heterocycles. The van der Waals surface area contributed by atoms with Crippen LogP contribution < -0.4 is 10.1 Å². The van der Waals surface area contributed by atoms with E-state index in [0.717, 1.165) is 11.7 Å². The molecule has 0 aromatic heterocycles. The van der Waals surface area contributed by atoms with Crippen molar-refractivity contribution < 1.29 is 4.74 Å². The predicted octanol–water partition coefficient (Wildman–Crippen LogP) is 3.29. The zero-order valence-electron chi connectivity index (χ0n) is 12.9. The minimum absolute atomic E-state index is 0.232. The van der Waals surface area contributed by atoms with Crippen molar-refractivity contribution in [3.05, 3.63) is 23.8 Å². The van der Waals surface area contributed by atoms with Crippen LogP contribution in [0.5, 0.6) is 5.75 Å². The molecule has 0 radical (unpaired) electrons. The molecule has 0 aliphatic carbocycles. The van der Waals surface area contributed by atoms with Crippen LogP contribution in [0.3, 0.4) is 0 Å². The summed E-state index contributed by atoms with van der Waals surface area (Å²) in [6.45, 7) is 10.1. The van der Waals surface area contributed by atoms with Gasteiger partial charge in [0.25, 0.3) is 0 Å². The van der Waals surface area contributed by atoms with E-state index in [1.54, 1.807) is 0 Å². The summed E-state index contributed by atoms with van der Waals surface area (Å²) < 4.78 is 5.75. The molecule has 1 N–H and O–H groups in total. The molecule has 1 unspecified atom stereocenters. The molecule has 3 aliphatic heterocycles. The predicted molar refractivity (Wildman–Crippen MR) is 83.5 cm³/mol. The van der Waals surface area contributed by atoms with E-state index >= 15 is 0 Å². The van der Waals surface area contributed by atoms with E-state index in [1.165, 1.54) is 43.7 Å². The lowest BCUT2D eigenvalue weighted by Gasteiger charge is -2.45. The van der Waals surface area contributed by atoms with E-state index < -0.39 is 0 Å². The van der Waals surface area contributed by atoms with Gasteiger partial charge in [0, 0.05) is 18.3 Å². The summed E-state index contributed by atoms with van der Waals surface area (Å²) in [5, 5.41) is 3.76. The lowest BCUT2D eigenvalue weighted by atomic mass is 9.84. The van der Waals surface area contributed by atoms with Crippen LogP contribution in [0, 0.1) is 12.8 Å². The Morgan fingerprint density at radius 1 is 1.25 bits per heavy atom. The Bertz CT molecular complexity index is 464. The molecule has 0 saturated carbocycles. The van der Waals surface area contributed by atoms with Gasteiger partial charge in [0.1, 0.15) is 5.75 Å². The Morgan fingerprint density at radius 3 is 2.55 bits per heavy atom. The lowest BCUT2D eigenvalue weighted by molar-refractivity contribution is 0.0975. The highest BCUT2D eigenvalue weighted by Gasteiger charge is 2.34.